The molecule has 1 fully saturated rings. The smallest absolute Gasteiger partial charge is 0.223 e. The zero-order chi connectivity index (χ0) is 13.8. The molecule has 1 amide bonds. The van der Waals surface area contributed by atoms with Gasteiger partial charge >= 0.3 is 0 Å². The molecule has 0 bridgehead atoms. The van der Waals surface area contributed by atoms with E-state index in [0.717, 1.165) is 38.6 Å². The van der Waals surface area contributed by atoms with Crippen LogP contribution < -0.4 is 0 Å². The van der Waals surface area contributed by atoms with Gasteiger partial charge in [0.15, 0.2) is 5.82 Å². The molecule has 3 rings (SSSR count). The Morgan fingerprint density at radius 3 is 3.05 bits per heavy atom. The summed E-state index contributed by atoms with van der Waals surface area (Å²) in [6.45, 7) is 0.814. The van der Waals surface area contributed by atoms with Crippen LogP contribution in [0.25, 0.3) is 0 Å². The molecule has 0 N–H and O–H groups in total. The van der Waals surface area contributed by atoms with Crippen molar-refractivity contribution in [2.75, 3.05) is 6.54 Å². The highest BCUT2D eigenvalue weighted by molar-refractivity contribution is 5.77. The summed E-state index contributed by atoms with van der Waals surface area (Å²) in [5.41, 5.74) is 0. The number of aromatic nitrogens is 2. The van der Waals surface area contributed by atoms with E-state index in [0.29, 0.717) is 18.2 Å². The first-order chi connectivity index (χ1) is 9.84. The van der Waals surface area contributed by atoms with Crippen molar-refractivity contribution < 1.29 is 9.32 Å². The Morgan fingerprint density at radius 1 is 1.35 bits per heavy atom. The Hall–Kier alpha value is -1.65. The van der Waals surface area contributed by atoms with Crippen LogP contribution in [0.3, 0.4) is 0 Å². The number of hydrogen-bond donors (Lipinski definition) is 0. The molecule has 2 aliphatic rings. The first kappa shape index (κ1) is 13.3. The van der Waals surface area contributed by atoms with E-state index in [1.165, 1.54) is 12.8 Å². The fraction of sp³-hybridized carbons (Fsp3) is 0.667. The van der Waals surface area contributed by atoms with Gasteiger partial charge in [-0.05, 0) is 44.4 Å². The van der Waals surface area contributed by atoms with E-state index in [1.54, 1.807) is 0 Å². The maximum Gasteiger partial charge on any atom is 0.223 e. The quantitative estimate of drug-likeness (QED) is 0.796. The molecule has 108 valence electrons. The number of hydrogen-bond acceptors (Lipinski definition) is 4. The van der Waals surface area contributed by atoms with Crippen LogP contribution in [0.4, 0.5) is 0 Å². The van der Waals surface area contributed by atoms with Crippen LogP contribution in [-0.2, 0) is 4.79 Å². The second-order valence-electron chi connectivity index (χ2n) is 5.71. The minimum absolute atomic E-state index is 0.00238. The van der Waals surface area contributed by atoms with E-state index in [9.17, 15) is 4.79 Å². The number of carbonyl (C=O) groups excluding carboxylic acids is 1. The van der Waals surface area contributed by atoms with Crippen LogP contribution in [0.5, 0.6) is 0 Å². The van der Waals surface area contributed by atoms with Gasteiger partial charge in [-0.1, -0.05) is 17.3 Å². The van der Waals surface area contributed by atoms with Crippen LogP contribution in [0.2, 0.25) is 0 Å². The van der Waals surface area contributed by atoms with Gasteiger partial charge in [0, 0.05) is 13.0 Å². The molecule has 1 aliphatic carbocycles. The van der Waals surface area contributed by atoms with Gasteiger partial charge in [-0.25, -0.2) is 0 Å². The maximum absolute atomic E-state index is 12.6. The summed E-state index contributed by atoms with van der Waals surface area (Å²) >= 11 is 0. The van der Waals surface area contributed by atoms with Crippen molar-refractivity contribution in [1.82, 2.24) is 15.0 Å². The predicted octanol–water partition coefficient (Wildman–Crippen LogP) is 2.87. The summed E-state index contributed by atoms with van der Waals surface area (Å²) < 4.78 is 4.84. The highest BCUT2D eigenvalue weighted by Gasteiger charge is 2.31. The average molecular weight is 275 g/mol. The standard InChI is InChI=1S/C15H21N3O2/c19-14(10-12-6-2-1-3-7-12)18-9-5-4-8-13(18)15-16-11-20-17-15/h2,6,11-13H,1,3-5,7-10H2/t12-,13+/m0/s1. The molecule has 5 nitrogen and oxygen atoms in total. The van der Waals surface area contributed by atoms with Gasteiger partial charge in [0.05, 0.1) is 6.04 Å². The molecule has 0 spiro atoms. The molecule has 1 saturated heterocycles. The molecule has 2 atom stereocenters. The van der Waals surface area contributed by atoms with Gasteiger partial charge in [0.2, 0.25) is 12.3 Å². The second-order valence-corrected chi connectivity index (χ2v) is 5.71. The van der Waals surface area contributed by atoms with Crippen molar-refractivity contribution in [3.05, 3.63) is 24.4 Å². The third kappa shape index (κ3) is 2.92. The van der Waals surface area contributed by atoms with E-state index in [-0.39, 0.29) is 11.9 Å². The van der Waals surface area contributed by atoms with Crippen LogP contribution in [0.15, 0.2) is 23.1 Å². The molecule has 0 aromatic carbocycles. The summed E-state index contributed by atoms with van der Waals surface area (Å²) in [4.78, 5) is 18.7. The van der Waals surface area contributed by atoms with Crippen LogP contribution in [-0.4, -0.2) is 27.5 Å². The monoisotopic (exact) mass is 275 g/mol. The molecule has 1 aromatic heterocycles. The highest BCUT2D eigenvalue weighted by atomic mass is 16.5. The average Bonchev–Trinajstić information content (AvgIpc) is 3.02. The number of nitrogens with zero attached hydrogens (tertiary/aromatic N) is 3. The normalized spacial score (nSPS) is 26.7. The molecule has 1 aromatic rings. The minimum atomic E-state index is 0.00238. The maximum atomic E-state index is 12.6. The van der Waals surface area contributed by atoms with Gasteiger partial charge in [-0.3, -0.25) is 4.79 Å². The van der Waals surface area contributed by atoms with Crippen molar-refractivity contribution >= 4 is 5.91 Å². The van der Waals surface area contributed by atoms with E-state index in [2.05, 4.69) is 22.3 Å². The molecule has 20 heavy (non-hydrogen) atoms. The Balaban J connectivity index is 1.67. The van der Waals surface area contributed by atoms with Crippen molar-refractivity contribution in [2.45, 2.75) is 51.0 Å². The summed E-state index contributed by atoms with van der Waals surface area (Å²) in [5.74, 6) is 1.29. The molecule has 5 heteroatoms. The molecule has 0 radical (unpaired) electrons. The largest absolute Gasteiger partial charge is 0.343 e. The summed E-state index contributed by atoms with van der Waals surface area (Å²) in [5, 5.41) is 3.93. The zero-order valence-electron chi connectivity index (χ0n) is 11.7. The Bertz CT molecular complexity index is 469. The lowest BCUT2D eigenvalue weighted by atomic mass is 9.91. The number of likely N-dealkylation sites (tertiary alicyclic amines) is 1. The van der Waals surface area contributed by atoms with Crippen molar-refractivity contribution in [2.24, 2.45) is 5.92 Å². The van der Waals surface area contributed by atoms with E-state index < -0.39 is 0 Å². The number of allylic oxidation sites excluding steroid dienone is 2. The third-order valence-corrected chi connectivity index (χ3v) is 4.29. The highest BCUT2D eigenvalue weighted by Crippen LogP contribution is 2.31. The lowest BCUT2D eigenvalue weighted by Gasteiger charge is -2.34. The van der Waals surface area contributed by atoms with Crippen LogP contribution >= 0.6 is 0 Å². The molecular formula is C15H21N3O2. The van der Waals surface area contributed by atoms with Crippen LogP contribution in [0, 0.1) is 5.92 Å². The fourth-order valence-corrected chi connectivity index (χ4v) is 3.22. The predicted molar refractivity (Wildman–Crippen MR) is 73.7 cm³/mol. The lowest BCUT2D eigenvalue weighted by molar-refractivity contribution is -0.136. The van der Waals surface area contributed by atoms with Gasteiger partial charge in [-0.2, -0.15) is 4.98 Å². The second kappa shape index (κ2) is 6.20. The summed E-state index contributed by atoms with van der Waals surface area (Å²) in [6.07, 6.45) is 13.0. The van der Waals surface area contributed by atoms with Gasteiger partial charge in [0.1, 0.15) is 0 Å². The van der Waals surface area contributed by atoms with Crippen molar-refractivity contribution in [1.29, 1.82) is 0 Å². The zero-order valence-corrected chi connectivity index (χ0v) is 11.7. The lowest BCUT2D eigenvalue weighted by Crippen LogP contribution is -2.39. The summed E-state index contributed by atoms with van der Waals surface area (Å²) in [6, 6.07) is 0.00238. The molecule has 2 heterocycles. The van der Waals surface area contributed by atoms with E-state index in [1.807, 2.05) is 4.90 Å². The van der Waals surface area contributed by atoms with Crippen molar-refractivity contribution in [3.8, 4) is 0 Å². The number of piperidine rings is 1. The fourth-order valence-electron chi connectivity index (χ4n) is 3.22. The molecule has 0 unspecified atom stereocenters. The van der Waals surface area contributed by atoms with Gasteiger partial charge in [-0.15, -0.1) is 0 Å². The Labute approximate surface area is 119 Å². The molecule has 0 saturated carbocycles. The molecule has 1 aliphatic heterocycles. The topological polar surface area (TPSA) is 59.2 Å². The first-order valence-electron chi connectivity index (χ1n) is 7.57. The van der Waals surface area contributed by atoms with Crippen LogP contribution in [0.1, 0.15) is 56.8 Å². The molecular weight excluding hydrogens is 254 g/mol. The number of carbonyl (C=O) groups is 1. The van der Waals surface area contributed by atoms with Gasteiger partial charge in [0.25, 0.3) is 0 Å². The first-order valence-corrected chi connectivity index (χ1v) is 7.57. The number of amides is 1. The van der Waals surface area contributed by atoms with Crippen molar-refractivity contribution in [3.63, 3.8) is 0 Å². The minimum Gasteiger partial charge on any atom is -0.343 e. The van der Waals surface area contributed by atoms with E-state index >= 15 is 0 Å². The SMILES string of the molecule is O=C(C[C@H]1C=CCCC1)N1CCCC[C@@H]1c1ncon1. The Morgan fingerprint density at radius 2 is 2.30 bits per heavy atom. The van der Waals surface area contributed by atoms with E-state index in [4.69, 9.17) is 4.52 Å². The third-order valence-electron chi connectivity index (χ3n) is 4.29. The number of rotatable bonds is 3. The van der Waals surface area contributed by atoms with Gasteiger partial charge < -0.3 is 9.42 Å². The summed E-state index contributed by atoms with van der Waals surface area (Å²) in [7, 11) is 0. The Kier molecular flexibility index (Phi) is 4.14.